The molecule has 1 aliphatic rings. The predicted octanol–water partition coefficient (Wildman–Crippen LogP) is 5.53. The molecule has 5 rings (SSSR count). The summed E-state index contributed by atoms with van der Waals surface area (Å²) in [5.74, 6) is 1.75. The molecule has 0 radical (unpaired) electrons. The topological polar surface area (TPSA) is 64.6 Å². The van der Waals surface area contributed by atoms with Crippen LogP contribution in [-0.4, -0.2) is 41.0 Å². The number of benzene rings is 2. The second-order valence-electron chi connectivity index (χ2n) is 7.70. The number of fused-ring (bicyclic) bond motifs is 1. The van der Waals surface area contributed by atoms with Crippen LogP contribution in [0.15, 0.2) is 60.0 Å². The Hall–Kier alpha value is -3.29. The Kier molecular flexibility index (Phi) is 5.83. The number of thiophene rings is 1. The summed E-state index contributed by atoms with van der Waals surface area (Å²) in [5, 5.41) is 2.95. The Bertz CT molecular complexity index is 1230. The van der Waals surface area contributed by atoms with Crippen molar-refractivity contribution in [1.82, 2.24) is 14.9 Å². The van der Waals surface area contributed by atoms with Crippen molar-refractivity contribution in [3.63, 3.8) is 0 Å². The zero-order valence-electron chi connectivity index (χ0n) is 17.8. The zero-order chi connectivity index (χ0) is 21.9. The summed E-state index contributed by atoms with van der Waals surface area (Å²) in [4.78, 5) is 24.7. The molecule has 7 heteroatoms. The van der Waals surface area contributed by atoms with Crippen LogP contribution >= 0.6 is 11.3 Å². The van der Waals surface area contributed by atoms with Gasteiger partial charge in [-0.1, -0.05) is 30.3 Å². The van der Waals surface area contributed by atoms with Crippen molar-refractivity contribution in [1.29, 1.82) is 0 Å². The molecular weight excluding hydrogens is 422 g/mol. The molecule has 3 heterocycles. The van der Waals surface area contributed by atoms with Gasteiger partial charge in [-0.2, -0.15) is 4.98 Å². The van der Waals surface area contributed by atoms with E-state index in [1.54, 1.807) is 18.4 Å². The van der Waals surface area contributed by atoms with E-state index in [4.69, 9.17) is 9.47 Å². The van der Waals surface area contributed by atoms with Gasteiger partial charge >= 0.3 is 0 Å². The summed E-state index contributed by atoms with van der Waals surface area (Å²) in [6, 6.07) is 17.4. The van der Waals surface area contributed by atoms with E-state index < -0.39 is 0 Å². The predicted molar refractivity (Wildman–Crippen MR) is 125 cm³/mol. The van der Waals surface area contributed by atoms with Gasteiger partial charge in [0.15, 0.2) is 5.82 Å². The molecule has 2 aromatic carbocycles. The van der Waals surface area contributed by atoms with Crippen molar-refractivity contribution in [3.05, 3.63) is 71.4 Å². The fourth-order valence-electron chi connectivity index (χ4n) is 3.93. The molecule has 0 saturated carbocycles. The molecule has 0 aliphatic carbocycles. The van der Waals surface area contributed by atoms with Crippen LogP contribution in [0.25, 0.3) is 21.3 Å². The third kappa shape index (κ3) is 4.09. The maximum atomic E-state index is 12.6. The first-order valence-electron chi connectivity index (χ1n) is 10.6. The first-order valence-corrected chi connectivity index (χ1v) is 11.5. The third-order valence-corrected chi connectivity index (χ3v) is 6.39. The molecule has 1 amide bonds. The van der Waals surface area contributed by atoms with Gasteiger partial charge in [0.05, 0.1) is 5.39 Å². The fraction of sp³-hybridized carbons (Fsp3) is 0.240. The molecule has 2 aromatic heterocycles. The van der Waals surface area contributed by atoms with Crippen molar-refractivity contribution < 1.29 is 14.3 Å². The molecule has 1 saturated heterocycles. The molecule has 0 N–H and O–H groups in total. The third-order valence-electron chi connectivity index (χ3n) is 5.51. The molecule has 1 aliphatic heterocycles. The maximum absolute atomic E-state index is 12.6. The summed E-state index contributed by atoms with van der Waals surface area (Å²) in [7, 11) is 1.62. The minimum absolute atomic E-state index is 0.0741. The highest BCUT2D eigenvalue weighted by Gasteiger charge is 2.20. The Balaban J connectivity index is 1.49. The lowest BCUT2D eigenvalue weighted by atomic mass is 10.1. The van der Waals surface area contributed by atoms with E-state index in [1.165, 1.54) is 0 Å². The highest BCUT2D eigenvalue weighted by Crippen LogP contribution is 2.39. The number of amides is 1. The van der Waals surface area contributed by atoms with E-state index in [1.807, 2.05) is 47.4 Å². The van der Waals surface area contributed by atoms with Crippen LogP contribution in [0.5, 0.6) is 11.6 Å². The summed E-state index contributed by atoms with van der Waals surface area (Å²) < 4.78 is 11.5. The van der Waals surface area contributed by atoms with Gasteiger partial charge in [-0.15, -0.1) is 11.3 Å². The van der Waals surface area contributed by atoms with Gasteiger partial charge in [-0.25, -0.2) is 4.98 Å². The van der Waals surface area contributed by atoms with Crippen LogP contribution in [0.4, 0.5) is 0 Å². The number of carbonyl (C=O) groups excluding carboxylic acids is 1. The smallest absolute Gasteiger partial charge is 0.253 e. The number of methoxy groups -OCH3 is 1. The van der Waals surface area contributed by atoms with E-state index in [0.717, 1.165) is 47.3 Å². The lowest BCUT2D eigenvalue weighted by molar-refractivity contribution is 0.0793. The Morgan fingerprint density at radius 1 is 1.03 bits per heavy atom. The van der Waals surface area contributed by atoms with Crippen molar-refractivity contribution >= 4 is 27.5 Å². The maximum Gasteiger partial charge on any atom is 0.253 e. The molecule has 0 atom stereocenters. The molecule has 4 aromatic rings. The van der Waals surface area contributed by atoms with Gasteiger partial charge in [0.25, 0.3) is 5.91 Å². The number of rotatable bonds is 6. The normalized spacial score (nSPS) is 13.6. The number of nitrogens with zero attached hydrogens (tertiary/aromatic N) is 3. The van der Waals surface area contributed by atoms with Crippen LogP contribution < -0.4 is 4.74 Å². The Morgan fingerprint density at radius 2 is 1.78 bits per heavy atom. The molecule has 0 spiro atoms. The van der Waals surface area contributed by atoms with E-state index in [2.05, 4.69) is 27.5 Å². The molecular formula is C25H23N3O3S. The number of aromatic nitrogens is 2. The SMILES string of the molecule is COCc1nc(Oc2ccc(C(=O)N3CCCC3)cc2)c2c(-c3ccccc3)csc2n1. The second kappa shape index (κ2) is 9.06. The van der Waals surface area contributed by atoms with Crippen LogP contribution in [0.1, 0.15) is 29.0 Å². The lowest BCUT2D eigenvalue weighted by Crippen LogP contribution is -2.27. The molecule has 0 bridgehead atoms. The lowest BCUT2D eigenvalue weighted by Gasteiger charge is -2.15. The monoisotopic (exact) mass is 445 g/mol. The summed E-state index contributed by atoms with van der Waals surface area (Å²) >= 11 is 1.56. The average molecular weight is 446 g/mol. The van der Waals surface area contributed by atoms with Crippen molar-refractivity contribution in [2.45, 2.75) is 19.4 Å². The van der Waals surface area contributed by atoms with E-state index in [-0.39, 0.29) is 5.91 Å². The Labute approximate surface area is 190 Å². The van der Waals surface area contributed by atoms with E-state index in [9.17, 15) is 4.79 Å². The minimum atomic E-state index is 0.0741. The fourth-order valence-corrected chi connectivity index (χ4v) is 4.89. The highest BCUT2D eigenvalue weighted by atomic mass is 32.1. The first kappa shape index (κ1) is 20.6. The number of hydrogen-bond acceptors (Lipinski definition) is 6. The number of hydrogen-bond donors (Lipinski definition) is 0. The van der Waals surface area contributed by atoms with Crippen molar-refractivity contribution in [3.8, 4) is 22.8 Å². The van der Waals surface area contributed by atoms with Crippen LogP contribution in [0.3, 0.4) is 0 Å². The molecule has 32 heavy (non-hydrogen) atoms. The standard InChI is InChI=1S/C25H23N3O3S/c1-30-15-21-26-23(22-20(16-32-24(22)27-21)17-7-3-2-4-8-17)31-19-11-9-18(10-12-19)25(29)28-13-5-6-14-28/h2-4,7-12,16H,5-6,13-15H2,1H3. The Morgan fingerprint density at radius 3 is 2.50 bits per heavy atom. The molecule has 162 valence electrons. The van der Waals surface area contributed by atoms with Gasteiger partial charge < -0.3 is 14.4 Å². The molecule has 0 unspecified atom stereocenters. The van der Waals surface area contributed by atoms with Crippen LogP contribution in [0.2, 0.25) is 0 Å². The second-order valence-corrected chi connectivity index (χ2v) is 8.56. The largest absolute Gasteiger partial charge is 0.438 e. The minimum Gasteiger partial charge on any atom is -0.438 e. The number of likely N-dealkylation sites (tertiary alicyclic amines) is 1. The van der Waals surface area contributed by atoms with Gasteiger partial charge in [0.2, 0.25) is 5.88 Å². The summed E-state index contributed by atoms with van der Waals surface area (Å²) in [6.07, 6.45) is 2.15. The van der Waals surface area contributed by atoms with Crippen LogP contribution in [-0.2, 0) is 11.3 Å². The average Bonchev–Trinajstić information content (AvgIpc) is 3.51. The summed E-state index contributed by atoms with van der Waals surface area (Å²) in [5.41, 5.74) is 2.79. The quantitative estimate of drug-likeness (QED) is 0.390. The van der Waals surface area contributed by atoms with Gasteiger partial charge in [0, 0.05) is 36.7 Å². The van der Waals surface area contributed by atoms with Gasteiger partial charge in [-0.3, -0.25) is 4.79 Å². The summed E-state index contributed by atoms with van der Waals surface area (Å²) in [6.45, 7) is 1.96. The van der Waals surface area contributed by atoms with Crippen molar-refractivity contribution in [2.75, 3.05) is 20.2 Å². The van der Waals surface area contributed by atoms with Crippen molar-refractivity contribution in [2.24, 2.45) is 0 Å². The molecule has 1 fully saturated rings. The van der Waals surface area contributed by atoms with E-state index in [0.29, 0.717) is 29.6 Å². The number of ether oxygens (including phenoxy) is 2. The zero-order valence-corrected chi connectivity index (χ0v) is 18.6. The van der Waals surface area contributed by atoms with Crippen LogP contribution in [0, 0.1) is 0 Å². The molecule has 6 nitrogen and oxygen atoms in total. The first-order chi connectivity index (χ1) is 15.7. The van der Waals surface area contributed by atoms with Gasteiger partial charge in [-0.05, 0) is 42.7 Å². The highest BCUT2D eigenvalue weighted by molar-refractivity contribution is 7.17. The van der Waals surface area contributed by atoms with E-state index >= 15 is 0 Å². The number of carbonyl (C=O) groups is 1. The van der Waals surface area contributed by atoms with Gasteiger partial charge in [0.1, 0.15) is 17.2 Å².